The zero-order chi connectivity index (χ0) is 19.8. The molecule has 2 fully saturated rings. The lowest BCUT2D eigenvalue weighted by Gasteiger charge is -2.32. The lowest BCUT2D eigenvalue weighted by atomic mass is 9.82. The van der Waals surface area contributed by atoms with Gasteiger partial charge in [0.15, 0.2) is 5.96 Å². The van der Waals surface area contributed by atoms with E-state index in [4.69, 9.17) is 4.74 Å². The van der Waals surface area contributed by atoms with Crippen LogP contribution in [0.4, 0.5) is 0 Å². The van der Waals surface area contributed by atoms with Crippen molar-refractivity contribution < 1.29 is 9.53 Å². The minimum Gasteiger partial charge on any atom is -0.381 e. The minimum atomic E-state index is 0. The summed E-state index contributed by atoms with van der Waals surface area (Å²) in [4.78, 5) is 18.1. The van der Waals surface area contributed by atoms with Crippen LogP contribution in [0.1, 0.15) is 50.0 Å². The third-order valence-corrected chi connectivity index (χ3v) is 5.77. The van der Waals surface area contributed by atoms with E-state index in [0.717, 1.165) is 44.9 Å². The number of nitrogens with one attached hydrogen (secondary N) is 2. The number of benzene rings is 1. The van der Waals surface area contributed by atoms with Crippen molar-refractivity contribution in [2.45, 2.75) is 56.5 Å². The Labute approximate surface area is 191 Å². The molecule has 1 aliphatic heterocycles. The van der Waals surface area contributed by atoms with Crippen molar-refractivity contribution >= 4 is 35.8 Å². The third-order valence-electron chi connectivity index (χ3n) is 5.77. The molecule has 1 saturated carbocycles. The Kier molecular flexibility index (Phi) is 10.2. The van der Waals surface area contributed by atoms with Crippen LogP contribution >= 0.6 is 24.0 Å². The van der Waals surface area contributed by atoms with Gasteiger partial charge in [0.1, 0.15) is 6.54 Å². The molecule has 0 bridgehead atoms. The van der Waals surface area contributed by atoms with E-state index in [1.165, 1.54) is 18.4 Å². The van der Waals surface area contributed by atoms with Gasteiger partial charge in [-0.3, -0.25) is 4.79 Å². The molecular formula is C22H35IN4O2. The zero-order valence-electron chi connectivity index (χ0n) is 17.6. The number of halogens is 1. The van der Waals surface area contributed by atoms with Gasteiger partial charge in [0.25, 0.3) is 0 Å². The highest BCUT2D eigenvalue weighted by molar-refractivity contribution is 14.0. The Morgan fingerprint density at radius 3 is 2.17 bits per heavy atom. The molecule has 1 saturated heterocycles. The summed E-state index contributed by atoms with van der Waals surface area (Å²) in [5.41, 5.74) is 1.45. The Morgan fingerprint density at radius 2 is 1.59 bits per heavy atom. The predicted octanol–water partition coefficient (Wildman–Crippen LogP) is 3.13. The lowest BCUT2D eigenvalue weighted by Crippen LogP contribution is -2.50. The number of aliphatic imine (C=N–C) groups is 1. The van der Waals surface area contributed by atoms with Gasteiger partial charge in [-0.1, -0.05) is 30.3 Å². The van der Waals surface area contributed by atoms with Crippen LogP contribution in [0.3, 0.4) is 0 Å². The highest BCUT2D eigenvalue weighted by Crippen LogP contribution is 2.32. The Bertz CT molecular complexity index is 639. The Balaban J connectivity index is 0.00000300. The number of ether oxygens (including phenoxy) is 1. The quantitative estimate of drug-likeness (QED) is 0.360. The molecule has 162 valence electrons. The smallest absolute Gasteiger partial charge is 0.243 e. The monoisotopic (exact) mass is 514 g/mol. The first-order chi connectivity index (χ1) is 13.6. The standard InChI is InChI=1S/C22H34N4O2.HI/c1-26(2)21(27)16-23-22(25-20-12-14-28-15-13-20)24-19-10-8-18(9-11-19)17-6-4-3-5-7-17;/h3-7,18-20H,8-16H2,1-2H3,(H2,23,24,25);1H. The zero-order valence-corrected chi connectivity index (χ0v) is 19.9. The average Bonchev–Trinajstić information content (AvgIpc) is 2.73. The molecule has 2 aliphatic rings. The van der Waals surface area contributed by atoms with Crippen molar-refractivity contribution in [1.29, 1.82) is 0 Å². The van der Waals surface area contributed by atoms with Gasteiger partial charge in [-0.25, -0.2) is 4.99 Å². The minimum absolute atomic E-state index is 0. The van der Waals surface area contributed by atoms with Crippen LogP contribution in [0.25, 0.3) is 0 Å². The molecule has 1 aliphatic carbocycles. The summed E-state index contributed by atoms with van der Waals surface area (Å²) in [5, 5.41) is 7.13. The summed E-state index contributed by atoms with van der Waals surface area (Å²) in [7, 11) is 3.53. The first-order valence-electron chi connectivity index (χ1n) is 10.5. The molecule has 0 unspecified atom stereocenters. The number of likely N-dealkylation sites (N-methyl/N-ethyl adjacent to an activating group) is 1. The fourth-order valence-corrected chi connectivity index (χ4v) is 3.95. The maximum atomic E-state index is 12.0. The van der Waals surface area contributed by atoms with Crippen molar-refractivity contribution in [3.63, 3.8) is 0 Å². The molecule has 1 aromatic rings. The van der Waals surface area contributed by atoms with Crippen LogP contribution in [0, 0.1) is 0 Å². The molecule has 0 aromatic heterocycles. The number of hydrogen-bond donors (Lipinski definition) is 2. The van der Waals surface area contributed by atoms with Gasteiger partial charge >= 0.3 is 0 Å². The highest BCUT2D eigenvalue weighted by Gasteiger charge is 2.24. The van der Waals surface area contributed by atoms with Gasteiger partial charge in [-0.15, -0.1) is 24.0 Å². The lowest BCUT2D eigenvalue weighted by molar-refractivity contribution is -0.127. The van der Waals surface area contributed by atoms with Crippen LogP contribution in [0.2, 0.25) is 0 Å². The maximum absolute atomic E-state index is 12.0. The number of carbonyl (C=O) groups excluding carboxylic acids is 1. The van der Waals surface area contributed by atoms with Crippen molar-refractivity contribution in [2.75, 3.05) is 33.9 Å². The van der Waals surface area contributed by atoms with Gasteiger partial charge in [-0.2, -0.15) is 0 Å². The van der Waals surface area contributed by atoms with Gasteiger partial charge in [-0.05, 0) is 50.0 Å². The van der Waals surface area contributed by atoms with E-state index in [-0.39, 0.29) is 36.4 Å². The number of hydrogen-bond acceptors (Lipinski definition) is 3. The molecule has 2 N–H and O–H groups in total. The largest absolute Gasteiger partial charge is 0.381 e. The SMILES string of the molecule is CN(C)C(=O)CN=C(NC1CCOCC1)NC1CCC(c2ccccc2)CC1.I. The number of guanidine groups is 1. The van der Waals surface area contributed by atoms with Crippen LogP contribution in [-0.4, -0.2) is 62.7 Å². The summed E-state index contributed by atoms with van der Waals surface area (Å²) >= 11 is 0. The molecule has 7 heteroatoms. The van der Waals surface area contributed by atoms with Gasteiger partial charge in [0, 0.05) is 39.4 Å². The molecule has 0 atom stereocenters. The molecule has 6 nitrogen and oxygen atoms in total. The normalized spacial score (nSPS) is 23.0. The topological polar surface area (TPSA) is 66.0 Å². The second-order valence-electron chi connectivity index (χ2n) is 8.09. The molecule has 1 aromatic carbocycles. The summed E-state index contributed by atoms with van der Waals surface area (Å²) in [6.07, 6.45) is 6.56. The van der Waals surface area contributed by atoms with Crippen molar-refractivity contribution in [1.82, 2.24) is 15.5 Å². The second-order valence-corrected chi connectivity index (χ2v) is 8.09. The highest BCUT2D eigenvalue weighted by atomic mass is 127. The van der Waals surface area contributed by atoms with Gasteiger partial charge < -0.3 is 20.3 Å². The molecular weight excluding hydrogens is 479 g/mol. The average molecular weight is 514 g/mol. The third kappa shape index (κ3) is 7.77. The van der Waals surface area contributed by atoms with Crippen LogP contribution in [-0.2, 0) is 9.53 Å². The fourth-order valence-electron chi connectivity index (χ4n) is 3.95. The number of carbonyl (C=O) groups is 1. The van der Waals surface area contributed by atoms with Crippen LogP contribution in [0.5, 0.6) is 0 Å². The van der Waals surface area contributed by atoms with E-state index in [1.54, 1.807) is 19.0 Å². The van der Waals surface area contributed by atoms with Crippen molar-refractivity contribution in [2.24, 2.45) is 4.99 Å². The van der Waals surface area contributed by atoms with E-state index < -0.39 is 0 Å². The van der Waals surface area contributed by atoms with Crippen LogP contribution in [0.15, 0.2) is 35.3 Å². The first kappa shape index (κ1) is 23.9. The molecule has 0 radical (unpaired) electrons. The Hall–Kier alpha value is -1.35. The second kappa shape index (κ2) is 12.4. The van der Waals surface area contributed by atoms with Gasteiger partial charge in [0.2, 0.25) is 5.91 Å². The van der Waals surface area contributed by atoms with E-state index >= 15 is 0 Å². The van der Waals surface area contributed by atoms with E-state index in [1.807, 2.05) is 0 Å². The molecule has 1 heterocycles. The summed E-state index contributed by atoms with van der Waals surface area (Å²) < 4.78 is 5.45. The predicted molar refractivity (Wildman–Crippen MR) is 128 cm³/mol. The van der Waals surface area contributed by atoms with E-state index in [2.05, 4.69) is 46.0 Å². The van der Waals surface area contributed by atoms with Crippen molar-refractivity contribution in [3.8, 4) is 0 Å². The number of rotatable bonds is 5. The summed E-state index contributed by atoms with van der Waals surface area (Å²) in [6, 6.07) is 11.6. The van der Waals surface area contributed by atoms with E-state index in [9.17, 15) is 4.79 Å². The first-order valence-corrected chi connectivity index (χ1v) is 10.5. The fraction of sp³-hybridized carbons (Fsp3) is 0.636. The number of nitrogens with zero attached hydrogens (tertiary/aromatic N) is 2. The molecule has 1 amide bonds. The maximum Gasteiger partial charge on any atom is 0.243 e. The number of amides is 1. The Morgan fingerprint density at radius 1 is 1.00 bits per heavy atom. The molecule has 3 rings (SSSR count). The van der Waals surface area contributed by atoms with Crippen molar-refractivity contribution in [3.05, 3.63) is 35.9 Å². The summed E-state index contributed by atoms with van der Waals surface area (Å²) in [5.74, 6) is 1.43. The molecule has 0 spiro atoms. The van der Waals surface area contributed by atoms with Gasteiger partial charge in [0.05, 0.1) is 0 Å². The van der Waals surface area contributed by atoms with Crippen LogP contribution < -0.4 is 10.6 Å². The molecule has 29 heavy (non-hydrogen) atoms. The van der Waals surface area contributed by atoms with E-state index in [0.29, 0.717) is 18.0 Å². The summed E-state index contributed by atoms with van der Waals surface area (Å²) in [6.45, 7) is 1.73.